The Hall–Kier alpha value is -0.930. The van der Waals surface area contributed by atoms with E-state index >= 15 is 0 Å². The molecule has 0 atom stereocenters. The van der Waals surface area contributed by atoms with E-state index in [1.807, 2.05) is 0 Å². The fourth-order valence-corrected chi connectivity index (χ4v) is 2.36. The Balaban J connectivity index is 2.23. The number of carbonyl (C=O) groups is 1. The fraction of sp³-hybridized carbons (Fsp3) is 0.417. The van der Waals surface area contributed by atoms with Gasteiger partial charge in [-0.15, -0.1) is 0 Å². The van der Waals surface area contributed by atoms with Crippen molar-refractivity contribution in [2.45, 2.75) is 31.3 Å². The molecule has 3 nitrogen and oxygen atoms in total. The first-order valence-electron chi connectivity index (χ1n) is 5.41. The third-order valence-corrected chi connectivity index (χ3v) is 3.74. The van der Waals surface area contributed by atoms with E-state index in [1.165, 1.54) is 0 Å². The first-order valence-corrected chi connectivity index (χ1v) is 6.17. The molecule has 1 aromatic carbocycles. The van der Waals surface area contributed by atoms with Gasteiger partial charge in [0.25, 0.3) is 0 Å². The van der Waals surface area contributed by atoms with Crippen molar-refractivity contribution in [3.05, 3.63) is 28.2 Å². The van der Waals surface area contributed by atoms with E-state index in [-0.39, 0.29) is 0 Å². The minimum absolute atomic E-state index is 0.364. The van der Waals surface area contributed by atoms with Gasteiger partial charge in [-0.2, -0.15) is 0 Å². The molecule has 0 saturated heterocycles. The lowest BCUT2D eigenvalue weighted by atomic mass is 10.0. The van der Waals surface area contributed by atoms with Crippen molar-refractivity contribution in [3.8, 4) is 5.75 Å². The molecule has 0 aromatic heterocycles. The average Bonchev–Trinajstić information content (AvgIpc) is 2.73. The summed E-state index contributed by atoms with van der Waals surface area (Å²) in [6.45, 7) is 0. The minimum atomic E-state index is -1.10. The Kier molecular flexibility index (Phi) is 3.50. The van der Waals surface area contributed by atoms with Gasteiger partial charge >= 0.3 is 5.97 Å². The van der Waals surface area contributed by atoms with Crippen LogP contribution in [0, 0.1) is 0 Å². The largest absolute Gasteiger partial charge is 0.478 e. The first-order chi connectivity index (χ1) is 8.03. The van der Waals surface area contributed by atoms with Gasteiger partial charge in [0, 0.05) is 6.07 Å². The molecule has 92 valence electrons. The third kappa shape index (κ3) is 2.50. The van der Waals surface area contributed by atoms with E-state index in [2.05, 4.69) is 0 Å². The Morgan fingerprint density at radius 1 is 1.24 bits per heavy atom. The zero-order chi connectivity index (χ0) is 12.5. The summed E-state index contributed by atoms with van der Waals surface area (Å²) in [7, 11) is 0. The molecule has 0 heterocycles. The number of ether oxygens (including phenoxy) is 1. The summed E-state index contributed by atoms with van der Waals surface area (Å²) < 4.78 is 5.62. The third-order valence-electron chi connectivity index (χ3n) is 3.01. The molecule has 0 aliphatic heterocycles. The Morgan fingerprint density at radius 2 is 1.88 bits per heavy atom. The summed E-state index contributed by atoms with van der Waals surface area (Å²) in [5.74, 6) is -0.468. The molecule has 0 unspecified atom stereocenters. The van der Waals surface area contributed by atoms with Crippen LogP contribution in [0.2, 0.25) is 10.0 Å². The van der Waals surface area contributed by atoms with Gasteiger partial charge < -0.3 is 9.84 Å². The zero-order valence-electron chi connectivity index (χ0n) is 9.08. The van der Waals surface area contributed by atoms with Crippen LogP contribution in [0.4, 0.5) is 0 Å². The monoisotopic (exact) mass is 274 g/mol. The molecule has 1 aromatic rings. The lowest BCUT2D eigenvalue weighted by Crippen LogP contribution is -2.41. The molecule has 17 heavy (non-hydrogen) atoms. The second kappa shape index (κ2) is 4.75. The molecule has 0 radical (unpaired) electrons. The van der Waals surface area contributed by atoms with E-state index in [9.17, 15) is 9.90 Å². The Labute approximate surface area is 109 Å². The number of halogens is 2. The minimum Gasteiger partial charge on any atom is -0.478 e. The van der Waals surface area contributed by atoms with E-state index < -0.39 is 11.6 Å². The highest BCUT2D eigenvalue weighted by Gasteiger charge is 2.43. The molecule has 1 fully saturated rings. The van der Waals surface area contributed by atoms with Gasteiger partial charge in [0.1, 0.15) is 5.75 Å². The average molecular weight is 275 g/mol. The molecular weight excluding hydrogens is 263 g/mol. The van der Waals surface area contributed by atoms with Crippen LogP contribution >= 0.6 is 23.2 Å². The van der Waals surface area contributed by atoms with Crippen molar-refractivity contribution in [1.29, 1.82) is 0 Å². The van der Waals surface area contributed by atoms with E-state index in [1.54, 1.807) is 18.2 Å². The van der Waals surface area contributed by atoms with Crippen molar-refractivity contribution < 1.29 is 14.6 Å². The topological polar surface area (TPSA) is 46.5 Å². The second-order valence-electron chi connectivity index (χ2n) is 4.18. The number of carboxylic acids is 1. The number of carboxylic acid groups (broad SMARTS) is 1. The van der Waals surface area contributed by atoms with Crippen LogP contribution in [-0.2, 0) is 4.79 Å². The van der Waals surface area contributed by atoms with Crippen LogP contribution < -0.4 is 4.74 Å². The highest BCUT2D eigenvalue weighted by Crippen LogP contribution is 2.36. The molecule has 0 bridgehead atoms. The van der Waals surface area contributed by atoms with E-state index in [0.29, 0.717) is 28.6 Å². The predicted octanol–water partition coefficient (Wildman–Crippen LogP) is 3.77. The summed E-state index contributed by atoms with van der Waals surface area (Å²) in [4.78, 5) is 11.3. The fourth-order valence-electron chi connectivity index (χ4n) is 2.07. The van der Waals surface area contributed by atoms with Gasteiger partial charge in [0.05, 0.1) is 10.0 Å². The smallest absolute Gasteiger partial charge is 0.348 e. The Morgan fingerprint density at radius 3 is 2.41 bits per heavy atom. The van der Waals surface area contributed by atoms with Crippen molar-refractivity contribution in [3.63, 3.8) is 0 Å². The van der Waals surface area contributed by atoms with Crippen molar-refractivity contribution in [2.24, 2.45) is 0 Å². The van der Waals surface area contributed by atoms with Gasteiger partial charge in [0.15, 0.2) is 0 Å². The van der Waals surface area contributed by atoms with Gasteiger partial charge in [-0.25, -0.2) is 4.79 Å². The summed E-state index contributed by atoms with van der Waals surface area (Å²) in [6, 6.07) is 4.79. The Bertz CT molecular complexity index is 439. The summed E-state index contributed by atoms with van der Waals surface area (Å²) >= 11 is 11.7. The first kappa shape index (κ1) is 12.5. The lowest BCUT2D eigenvalue weighted by molar-refractivity contribution is -0.154. The number of benzene rings is 1. The number of hydrogen-bond acceptors (Lipinski definition) is 2. The molecule has 5 heteroatoms. The highest BCUT2D eigenvalue weighted by molar-refractivity contribution is 6.42. The summed E-state index contributed by atoms with van der Waals surface area (Å²) in [5, 5.41) is 10.1. The summed E-state index contributed by atoms with van der Waals surface area (Å²) in [5.41, 5.74) is -1.10. The van der Waals surface area contributed by atoms with E-state index in [0.717, 1.165) is 12.8 Å². The number of hydrogen-bond donors (Lipinski definition) is 1. The van der Waals surface area contributed by atoms with Crippen LogP contribution in [0.15, 0.2) is 18.2 Å². The molecule has 1 N–H and O–H groups in total. The predicted molar refractivity (Wildman–Crippen MR) is 65.9 cm³/mol. The maximum absolute atomic E-state index is 11.3. The maximum atomic E-state index is 11.3. The molecule has 0 spiro atoms. The molecule has 1 aliphatic carbocycles. The number of rotatable bonds is 3. The van der Waals surface area contributed by atoms with Gasteiger partial charge in [-0.05, 0) is 37.8 Å². The summed E-state index contributed by atoms with van der Waals surface area (Å²) in [6.07, 6.45) is 2.80. The van der Waals surface area contributed by atoms with Gasteiger partial charge in [0.2, 0.25) is 5.60 Å². The maximum Gasteiger partial charge on any atom is 0.348 e. The zero-order valence-corrected chi connectivity index (χ0v) is 10.6. The SMILES string of the molecule is O=C(O)C1(Oc2ccc(Cl)c(Cl)c2)CCCC1. The van der Waals surface area contributed by atoms with Crippen LogP contribution in [0.5, 0.6) is 5.75 Å². The van der Waals surface area contributed by atoms with Gasteiger partial charge in [-0.1, -0.05) is 23.2 Å². The highest BCUT2D eigenvalue weighted by atomic mass is 35.5. The number of aliphatic carboxylic acids is 1. The van der Waals surface area contributed by atoms with Crippen molar-refractivity contribution in [2.75, 3.05) is 0 Å². The standard InChI is InChI=1S/C12H12Cl2O3/c13-9-4-3-8(7-10(9)14)17-12(11(15)16)5-1-2-6-12/h3-4,7H,1-2,5-6H2,(H,15,16). The van der Waals surface area contributed by atoms with Gasteiger partial charge in [-0.3, -0.25) is 0 Å². The molecular formula is C12H12Cl2O3. The van der Waals surface area contributed by atoms with E-state index in [4.69, 9.17) is 27.9 Å². The van der Waals surface area contributed by atoms with Crippen LogP contribution in [0.1, 0.15) is 25.7 Å². The van der Waals surface area contributed by atoms with Crippen molar-refractivity contribution >= 4 is 29.2 Å². The van der Waals surface area contributed by atoms with Crippen molar-refractivity contribution in [1.82, 2.24) is 0 Å². The lowest BCUT2D eigenvalue weighted by Gasteiger charge is -2.25. The normalized spacial score (nSPS) is 18.0. The van der Waals surface area contributed by atoms with Crippen LogP contribution in [0.3, 0.4) is 0 Å². The molecule has 1 aliphatic rings. The second-order valence-corrected chi connectivity index (χ2v) is 5.00. The van der Waals surface area contributed by atoms with Crippen LogP contribution in [-0.4, -0.2) is 16.7 Å². The molecule has 0 amide bonds. The molecule has 1 saturated carbocycles. The van der Waals surface area contributed by atoms with Crippen LogP contribution in [0.25, 0.3) is 0 Å². The molecule has 2 rings (SSSR count). The quantitative estimate of drug-likeness (QED) is 0.913.